The van der Waals surface area contributed by atoms with E-state index in [4.69, 9.17) is 26.0 Å². The van der Waals surface area contributed by atoms with Crippen LogP contribution in [0.25, 0.3) is 11.6 Å². The summed E-state index contributed by atoms with van der Waals surface area (Å²) < 4.78 is 5.95. The molecule has 2 aromatic heterocycles. The third-order valence-corrected chi connectivity index (χ3v) is 8.35. The summed E-state index contributed by atoms with van der Waals surface area (Å²) in [7, 11) is 0. The molecule has 3 aromatic rings. The molecule has 10 heteroatoms. The van der Waals surface area contributed by atoms with Crippen LogP contribution in [-0.4, -0.2) is 80.7 Å². The Morgan fingerprint density at radius 1 is 1.00 bits per heavy atom. The number of amides is 1. The van der Waals surface area contributed by atoms with E-state index in [0.29, 0.717) is 40.1 Å². The quantitative estimate of drug-likeness (QED) is 0.411. The van der Waals surface area contributed by atoms with Gasteiger partial charge < -0.3 is 14.2 Å². The average molecular weight is 566 g/mol. The highest BCUT2D eigenvalue weighted by atomic mass is 35.5. The van der Waals surface area contributed by atoms with Gasteiger partial charge in [-0.15, -0.1) is 10.2 Å². The molecule has 0 N–H and O–H groups in total. The fraction of sp³-hybridized carbons (Fsp3) is 0.567. The maximum atomic E-state index is 13.0. The summed E-state index contributed by atoms with van der Waals surface area (Å²) in [5, 5.41) is 9.13. The van der Waals surface area contributed by atoms with E-state index in [1.54, 1.807) is 12.1 Å². The molecule has 9 nitrogen and oxygen atoms in total. The van der Waals surface area contributed by atoms with Crippen LogP contribution in [0.4, 0.5) is 5.82 Å². The summed E-state index contributed by atoms with van der Waals surface area (Å²) >= 11 is 6.00. The molecule has 0 spiro atoms. The van der Waals surface area contributed by atoms with Crippen molar-refractivity contribution in [3.05, 3.63) is 52.1 Å². The minimum atomic E-state index is -0.223. The number of hydrogen-bond donors (Lipinski definition) is 0. The van der Waals surface area contributed by atoms with Gasteiger partial charge >= 0.3 is 0 Å². The van der Waals surface area contributed by atoms with Gasteiger partial charge in [-0.3, -0.25) is 9.69 Å². The Hall–Kier alpha value is -3.04. The van der Waals surface area contributed by atoms with Crippen molar-refractivity contribution >= 4 is 23.3 Å². The van der Waals surface area contributed by atoms with Crippen molar-refractivity contribution < 1.29 is 9.21 Å². The van der Waals surface area contributed by atoms with Crippen LogP contribution < -0.4 is 4.90 Å². The van der Waals surface area contributed by atoms with Gasteiger partial charge in [0.05, 0.1) is 11.4 Å². The molecule has 2 aliphatic heterocycles. The van der Waals surface area contributed by atoms with Crippen LogP contribution in [0.2, 0.25) is 5.02 Å². The zero-order valence-corrected chi connectivity index (χ0v) is 25.2. The first-order chi connectivity index (χ1) is 19.0. The van der Waals surface area contributed by atoms with E-state index in [1.165, 1.54) is 0 Å². The number of likely N-dealkylation sites (tertiary alicyclic amines) is 1. The molecule has 0 radical (unpaired) electrons. The number of hydrogen-bond acceptors (Lipinski definition) is 8. The first-order valence-electron chi connectivity index (χ1n) is 14.3. The highest BCUT2D eigenvalue weighted by Crippen LogP contribution is 2.30. The number of carbonyl (C=O) groups is 1. The number of piperazine rings is 1. The molecular formula is C30H40ClN7O2. The second-order valence-electron chi connectivity index (χ2n) is 12.0. The highest BCUT2D eigenvalue weighted by Gasteiger charge is 2.35. The van der Waals surface area contributed by atoms with Crippen molar-refractivity contribution in [3.63, 3.8) is 0 Å². The van der Waals surface area contributed by atoms with E-state index < -0.39 is 0 Å². The minimum Gasteiger partial charge on any atom is -0.419 e. The van der Waals surface area contributed by atoms with Gasteiger partial charge in [-0.2, -0.15) is 0 Å². The van der Waals surface area contributed by atoms with Gasteiger partial charge in [0.1, 0.15) is 11.5 Å². The molecule has 1 unspecified atom stereocenters. The maximum absolute atomic E-state index is 13.0. The Bertz CT molecular complexity index is 1340. The van der Waals surface area contributed by atoms with Gasteiger partial charge in [0, 0.05) is 60.8 Å². The number of rotatable bonds is 5. The summed E-state index contributed by atoms with van der Waals surface area (Å²) in [6, 6.07) is 8.08. The molecule has 1 atom stereocenters. The van der Waals surface area contributed by atoms with Gasteiger partial charge in [0.25, 0.3) is 11.8 Å². The Labute approximate surface area is 241 Å². The molecule has 2 fully saturated rings. The van der Waals surface area contributed by atoms with Crippen LogP contribution in [0.3, 0.4) is 0 Å². The van der Waals surface area contributed by atoms with Crippen molar-refractivity contribution in [2.75, 3.05) is 37.6 Å². The zero-order chi connectivity index (χ0) is 28.6. The van der Waals surface area contributed by atoms with E-state index >= 15 is 0 Å². The SMILES string of the molecule is CCC1CN(c2nc(C)c(-c3nnc(C(C)(C)C)o3)nc2C)CCN1C1CCN(C(=O)c2ccc(Cl)cc2)CC1. The third kappa shape index (κ3) is 5.86. The third-order valence-electron chi connectivity index (χ3n) is 8.10. The van der Waals surface area contributed by atoms with Crippen LogP contribution in [0.5, 0.6) is 0 Å². The molecular weight excluding hydrogens is 526 g/mol. The smallest absolute Gasteiger partial charge is 0.268 e. The van der Waals surface area contributed by atoms with Crippen LogP contribution >= 0.6 is 11.6 Å². The van der Waals surface area contributed by atoms with Gasteiger partial charge in [-0.25, -0.2) is 9.97 Å². The van der Waals surface area contributed by atoms with Gasteiger partial charge in [0.15, 0.2) is 0 Å². The van der Waals surface area contributed by atoms with Crippen LogP contribution in [0, 0.1) is 13.8 Å². The molecule has 1 amide bonds. The standard InChI is InChI=1S/C30H40ClN7O2/c1-7-23-18-37(26-20(3)32-25(19(2)33-26)27-34-35-29(40-27)30(4,5)6)16-17-38(23)24-12-14-36(15-13-24)28(39)21-8-10-22(31)11-9-21/h8-11,23-24H,7,12-18H2,1-6H3. The second-order valence-corrected chi connectivity index (χ2v) is 12.4. The molecule has 2 aliphatic rings. The molecule has 0 saturated carbocycles. The van der Waals surface area contributed by atoms with Crippen molar-refractivity contribution in [2.24, 2.45) is 0 Å². The lowest BCUT2D eigenvalue weighted by Crippen LogP contribution is -2.59. The number of anilines is 1. The van der Waals surface area contributed by atoms with Gasteiger partial charge in [-0.05, 0) is 57.4 Å². The number of nitrogens with zero attached hydrogens (tertiary/aromatic N) is 7. The van der Waals surface area contributed by atoms with E-state index in [-0.39, 0.29) is 11.3 Å². The van der Waals surface area contributed by atoms with Gasteiger partial charge in [0.2, 0.25) is 5.89 Å². The molecule has 4 heterocycles. The van der Waals surface area contributed by atoms with E-state index in [9.17, 15) is 4.79 Å². The number of halogens is 1. The first-order valence-corrected chi connectivity index (χ1v) is 14.7. The Morgan fingerprint density at radius 2 is 1.70 bits per heavy atom. The number of aromatic nitrogens is 4. The topological polar surface area (TPSA) is 91.5 Å². The first kappa shape index (κ1) is 28.5. The molecule has 2 saturated heterocycles. The Balaban J connectivity index is 1.23. The van der Waals surface area contributed by atoms with Crippen molar-refractivity contribution in [2.45, 2.75) is 78.3 Å². The largest absolute Gasteiger partial charge is 0.419 e. The predicted molar refractivity (Wildman–Crippen MR) is 157 cm³/mol. The summed E-state index contributed by atoms with van der Waals surface area (Å²) in [5.74, 6) is 2.03. The van der Waals surface area contributed by atoms with E-state index in [1.807, 2.05) is 51.7 Å². The van der Waals surface area contributed by atoms with Crippen LogP contribution in [0.1, 0.15) is 74.6 Å². The second kappa shape index (κ2) is 11.4. The fourth-order valence-electron chi connectivity index (χ4n) is 5.80. The lowest BCUT2D eigenvalue weighted by Gasteiger charge is -2.47. The summed E-state index contributed by atoms with van der Waals surface area (Å²) in [6.45, 7) is 16.7. The number of benzene rings is 1. The lowest BCUT2D eigenvalue weighted by atomic mass is 9.97. The number of aryl methyl sites for hydroxylation is 2. The van der Waals surface area contributed by atoms with Crippen molar-refractivity contribution in [3.8, 4) is 11.6 Å². The zero-order valence-electron chi connectivity index (χ0n) is 24.4. The monoisotopic (exact) mass is 565 g/mol. The number of carbonyl (C=O) groups excluding carboxylic acids is 1. The van der Waals surface area contributed by atoms with Crippen molar-refractivity contribution in [1.82, 2.24) is 30.0 Å². The van der Waals surface area contributed by atoms with Crippen molar-refractivity contribution in [1.29, 1.82) is 0 Å². The summed E-state index contributed by atoms with van der Waals surface area (Å²) in [5.41, 5.74) is 2.79. The molecule has 214 valence electrons. The van der Waals surface area contributed by atoms with Crippen LogP contribution in [0.15, 0.2) is 28.7 Å². The number of piperidine rings is 1. The molecule has 0 aliphatic carbocycles. The summed E-state index contributed by atoms with van der Waals surface area (Å²) in [4.78, 5) is 29.8. The summed E-state index contributed by atoms with van der Waals surface area (Å²) in [6.07, 6.45) is 3.04. The average Bonchev–Trinajstić information content (AvgIpc) is 3.45. The molecule has 40 heavy (non-hydrogen) atoms. The fourth-order valence-corrected chi connectivity index (χ4v) is 5.92. The molecule has 1 aromatic carbocycles. The minimum absolute atomic E-state index is 0.0926. The Kier molecular flexibility index (Phi) is 8.15. The molecule has 0 bridgehead atoms. The highest BCUT2D eigenvalue weighted by molar-refractivity contribution is 6.30. The van der Waals surface area contributed by atoms with Gasteiger partial charge in [-0.1, -0.05) is 39.3 Å². The molecule has 5 rings (SSSR count). The van der Waals surface area contributed by atoms with E-state index in [0.717, 1.165) is 69.2 Å². The van der Waals surface area contributed by atoms with Crippen LogP contribution in [-0.2, 0) is 5.41 Å². The maximum Gasteiger partial charge on any atom is 0.268 e. The normalized spacial score (nSPS) is 19.3. The Morgan fingerprint density at radius 3 is 2.33 bits per heavy atom. The van der Waals surface area contributed by atoms with E-state index in [2.05, 4.69) is 26.9 Å². The lowest BCUT2D eigenvalue weighted by molar-refractivity contribution is 0.0490. The predicted octanol–water partition coefficient (Wildman–Crippen LogP) is 5.30.